The van der Waals surface area contributed by atoms with Crippen LogP contribution < -0.4 is 20.9 Å². The van der Waals surface area contributed by atoms with Gasteiger partial charge in [0, 0.05) is 51.4 Å². The van der Waals surface area contributed by atoms with Gasteiger partial charge in [-0.05, 0) is 37.8 Å². The predicted octanol–water partition coefficient (Wildman–Crippen LogP) is 1.64. The minimum Gasteiger partial charge on any atom is -0.356 e. The highest BCUT2D eigenvalue weighted by Crippen LogP contribution is 2.20. The molecule has 9 heteroatoms. The first-order chi connectivity index (χ1) is 12.7. The second-order valence-corrected chi connectivity index (χ2v) is 6.83. The van der Waals surface area contributed by atoms with Crippen LogP contribution in [0.25, 0.3) is 0 Å². The Bertz CT molecular complexity index is 654. The van der Waals surface area contributed by atoms with Crippen LogP contribution in [0.3, 0.4) is 0 Å². The summed E-state index contributed by atoms with van der Waals surface area (Å²) in [5.74, 6) is 0.948. The summed E-state index contributed by atoms with van der Waals surface area (Å²) in [5, 5.41) is 9.58. The van der Waals surface area contributed by atoms with Crippen LogP contribution in [-0.4, -0.2) is 55.6 Å². The highest BCUT2D eigenvalue weighted by atomic mass is 127. The minimum absolute atomic E-state index is 0. The van der Waals surface area contributed by atoms with Gasteiger partial charge in [-0.1, -0.05) is 0 Å². The second-order valence-electron chi connectivity index (χ2n) is 6.83. The van der Waals surface area contributed by atoms with Gasteiger partial charge in [0.05, 0.1) is 0 Å². The number of guanidine groups is 1. The molecule has 3 N–H and O–H groups in total. The van der Waals surface area contributed by atoms with E-state index in [2.05, 4.69) is 25.9 Å². The van der Waals surface area contributed by atoms with Crippen LogP contribution in [0.5, 0.6) is 0 Å². The number of nitrogens with zero attached hydrogens (tertiary/aromatic N) is 3. The van der Waals surface area contributed by atoms with Gasteiger partial charge in [-0.3, -0.25) is 9.79 Å². The van der Waals surface area contributed by atoms with Crippen LogP contribution in [0.15, 0.2) is 23.3 Å². The Morgan fingerprint density at radius 1 is 1.33 bits per heavy atom. The van der Waals surface area contributed by atoms with E-state index in [-0.39, 0.29) is 41.7 Å². The summed E-state index contributed by atoms with van der Waals surface area (Å²) in [4.78, 5) is 22.0. The normalized spacial score (nSPS) is 19.4. The molecule has 0 bridgehead atoms. The Hall–Kier alpha value is -1.65. The zero-order valence-corrected chi connectivity index (χ0v) is 17.9. The topological polar surface area (TPSA) is 81.6 Å². The fourth-order valence-corrected chi connectivity index (χ4v) is 3.05. The molecule has 7 nitrogen and oxygen atoms in total. The van der Waals surface area contributed by atoms with Crippen molar-refractivity contribution >= 4 is 41.7 Å². The molecule has 3 rings (SSSR count). The van der Waals surface area contributed by atoms with E-state index >= 15 is 0 Å². The molecule has 0 aromatic carbocycles. The predicted molar refractivity (Wildman–Crippen MR) is 115 cm³/mol. The van der Waals surface area contributed by atoms with Crippen molar-refractivity contribution in [2.45, 2.75) is 44.2 Å². The summed E-state index contributed by atoms with van der Waals surface area (Å²) in [6, 6.07) is 3.63. The van der Waals surface area contributed by atoms with Crippen molar-refractivity contribution in [3.63, 3.8) is 0 Å². The number of amides is 1. The molecular weight excluding hydrogens is 462 g/mol. The molecule has 1 aromatic rings. The van der Waals surface area contributed by atoms with E-state index in [4.69, 9.17) is 0 Å². The van der Waals surface area contributed by atoms with Gasteiger partial charge >= 0.3 is 0 Å². The Morgan fingerprint density at radius 3 is 2.85 bits per heavy atom. The molecule has 1 amide bonds. The maximum absolute atomic E-state index is 13.9. The summed E-state index contributed by atoms with van der Waals surface area (Å²) in [6.45, 7) is 2.12. The number of anilines is 1. The third kappa shape index (κ3) is 6.78. The van der Waals surface area contributed by atoms with Crippen LogP contribution in [0.1, 0.15) is 32.1 Å². The first-order valence-electron chi connectivity index (χ1n) is 9.27. The maximum Gasteiger partial charge on any atom is 0.220 e. The van der Waals surface area contributed by atoms with Crippen LogP contribution in [-0.2, 0) is 4.79 Å². The van der Waals surface area contributed by atoms with E-state index in [1.54, 1.807) is 19.3 Å². The van der Waals surface area contributed by atoms with E-state index in [1.807, 2.05) is 4.90 Å². The Labute approximate surface area is 176 Å². The average Bonchev–Trinajstić information content (AvgIpc) is 3.33. The van der Waals surface area contributed by atoms with Crippen molar-refractivity contribution in [3.8, 4) is 0 Å². The van der Waals surface area contributed by atoms with E-state index in [0.29, 0.717) is 37.3 Å². The first kappa shape index (κ1) is 21.6. The summed E-state index contributed by atoms with van der Waals surface area (Å²) in [5.41, 5.74) is 0. The number of aliphatic imine (C=N–C) groups is 1. The number of halogens is 2. The number of carbonyl (C=O) groups excluding carboxylic acids is 1. The van der Waals surface area contributed by atoms with Crippen molar-refractivity contribution in [1.82, 2.24) is 20.9 Å². The molecule has 1 aromatic heterocycles. The van der Waals surface area contributed by atoms with Crippen LogP contribution >= 0.6 is 24.0 Å². The standard InChI is InChI=1S/C18H27FN6O.HI/c1-20-18(22-10-3-5-16(26)23-13-6-7-13)24-14-8-11-25(12-14)17-15(19)4-2-9-21-17;/h2,4,9,13-14H,3,5-8,10-12H2,1H3,(H,23,26)(H2,20,22,24);1H. The lowest BCUT2D eigenvalue weighted by molar-refractivity contribution is -0.121. The molecule has 1 atom stereocenters. The summed E-state index contributed by atoms with van der Waals surface area (Å²) < 4.78 is 13.9. The highest BCUT2D eigenvalue weighted by Gasteiger charge is 2.26. The molecule has 1 saturated heterocycles. The number of nitrogens with one attached hydrogen (secondary N) is 3. The van der Waals surface area contributed by atoms with Gasteiger partial charge in [-0.2, -0.15) is 0 Å². The summed E-state index contributed by atoms with van der Waals surface area (Å²) >= 11 is 0. The number of pyridine rings is 1. The third-order valence-electron chi connectivity index (χ3n) is 4.61. The van der Waals surface area contributed by atoms with Crippen molar-refractivity contribution in [3.05, 3.63) is 24.1 Å². The maximum atomic E-state index is 13.9. The number of rotatable bonds is 7. The molecule has 1 unspecified atom stereocenters. The van der Waals surface area contributed by atoms with E-state index in [1.165, 1.54) is 6.07 Å². The first-order valence-corrected chi connectivity index (χ1v) is 9.27. The van der Waals surface area contributed by atoms with Gasteiger partial charge in [0.1, 0.15) is 0 Å². The Morgan fingerprint density at radius 2 is 2.15 bits per heavy atom. The molecule has 2 aliphatic rings. The Kier molecular flexibility index (Phi) is 8.52. The number of carbonyl (C=O) groups is 1. The van der Waals surface area contributed by atoms with Crippen LogP contribution in [0.4, 0.5) is 10.2 Å². The second kappa shape index (κ2) is 10.6. The third-order valence-corrected chi connectivity index (χ3v) is 4.61. The smallest absolute Gasteiger partial charge is 0.220 e. The zero-order valence-electron chi connectivity index (χ0n) is 15.6. The zero-order chi connectivity index (χ0) is 18.4. The van der Waals surface area contributed by atoms with E-state index in [9.17, 15) is 9.18 Å². The molecule has 1 aliphatic carbocycles. The summed E-state index contributed by atoms with van der Waals surface area (Å²) in [6.07, 6.45) is 6.01. The average molecular weight is 490 g/mol. The molecule has 0 spiro atoms. The van der Waals surface area contributed by atoms with Gasteiger partial charge in [0.25, 0.3) is 0 Å². The SMILES string of the molecule is CN=C(NCCCC(=O)NC1CC1)NC1CCN(c2ncccc2F)C1.I. The lowest BCUT2D eigenvalue weighted by Crippen LogP contribution is -2.45. The quantitative estimate of drug-likeness (QED) is 0.235. The van der Waals surface area contributed by atoms with Crippen LogP contribution in [0.2, 0.25) is 0 Å². The number of hydrogen-bond donors (Lipinski definition) is 3. The molecule has 2 fully saturated rings. The van der Waals surface area contributed by atoms with E-state index in [0.717, 1.165) is 32.2 Å². The van der Waals surface area contributed by atoms with Gasteiger partial charge in [-0.25, -0.2) is 9.37 Å². The largest absolute Gasteiger partial charge is 0.356 e. The fourth-order valence-electron chi connectivity index (χ4n) is 3.05. The van der Waals surface area contributed by atoms with Gasteiger partial charge in [0.2, 0.25) is 5.91 Å². The van der Waals surface area contributed by atoms with Gasteiger partial charge < -0.3 is 20.9 Å². The molecule has 1 saturated carbocycles. The molecular formula is C18H28FIN6O. The molecule has 150 valence electrons. The van der Waals surface area contributed by atoms with Crippen molar-refractivity contribution in [2.24, 2.45) is 4.99 Å². The molecule has 27 heavy (non-hydrogen) atoms. The van der Waals surface area contributed by atoms with Gasteiger partial charge in [-0.15, -0.1) is 24.0 Å². The molecule has 2 heterocycles. The lowest BCUT2D eigenvalue weighted by atomic mass is 10.2. The highest BCUT2D eigenvalue weighted by molar-refractivity contribution is 14.0. The van der Waals surface area contributed by atoms with Crippen molar-refractivity contribution in [2.75, 3.05) is 31.6 Å². The minimum atomic E-state index is -0.292. The lowest BCUT2D eigenvalue weighted by Gasteiger charge is -2.20. The van der Waals surface area contributed by atoms with E-state index < -0.39 is 0 Å². The summed E-state index contributed by atoms with van der Waals surface area (Å²) in [7, 11) is 1.72. The number of aromatic nitrogens is 1. The molecule has 0 radical (unpaired) electrons. The molecule has 1 aliphatic heterocycles. The fraction of sp³-hybridized carbons (Fsp3) is 0.611. The van der Waals surface area contributed by atoms with Crippen LogP contribution in [0, 0.1) is 5.82 Å². The van der Waals surface area contributed by atoms with Gasteiger partial charge in [0.15, 0.2) is 17.6 Å². The number of hydrogen-bond acceptors (Lipinski definition) is 4. The van der Waals surface area contributed by atoms with Crippen molar-refractivity contribution < 1.29 is 9.18 Å². The Balaban J connectivity index is 0.00000261. The monoisotopic (exact) mass is 490 g/mol. The van der Waals surface area contributed by atoms with Crippen molar-refractivity contribution in [1.29, 1.82) is 0 Å².